The van der Waals surface area contributed by atoms with E-state index in [2.05, 4.69) is 5.10 Å². The van der Waals surface area contributed by atoms with Gasteiger partial charge in [0.15, 0.2) is 6.29 Å². The third-order valence-corrected chi connectivity index (χ3v) is 3.43. The van der Waals surface area contributed by atoms with Gasteiger partial charge in [-0.2, -0.15) is 5.10 Å². The van der Waals surface area contributed by atoms with Crippen molar-refractivity contribution in [1.29, 1.82) is 0 Å². The van der Waals surface area contributed by atoms with Crippen LogP contribution in [0.1, 0.15) is 24.6 Å². The molecule has 0 saturated carbocycles. The lowest BCUT2D eigenvalue weighted by atomic mass is 9.93. The number of methoxy groups -OCH3 is 2. The number of aliphatic hydroxyl groups is 1. The van der Waals surface area contributed by atoms with E-state index >= 15 is 0 Å². The maximum atomic E-state index is 10.4. The predicted octanol–water partition coefficient (Wildman–Crippen LogP) is 1.68. The second kappa shape index (κ2) is 6.02. The molecule has 1 N–H and O–H groups in total. The maximum absolute atomic E-state index is 10.4. The lowest BCUT2D eigenvalue weighted by Gasteiger charge is -2.27. The molecule has 0 aliphatic carbocycles. The zero-order valence-corrected chi connectivity index (χ0v) is 12.3. The number of halogens is 1. The van der Waals surface area contributed by atoms with Crippen LogP contribution in [-0.4, -0.2) is 41.0 Å². The summed E-state index contributed by atoms with van der Waals surface area (Å²) in [6.07, 6.45) is 0.343. The van der Waals surface area contributed by atoms with E-state index in [0.29, 0.717) is 18.0 Å². The van der Waals surface area contributed by atoms with Gasteiger partial charge in [0.05, 0.1) is 11.3 Å². The van der Waals surface area contributed by atoms with Crippen LogP contribution in [-0.2, 0) is 22.9 Å². The molecule has 1 unspecified atom stereocenters. The van der Waals surface area contributed by atoms with E-state index in [1.165, 1.54) is 0 Å². The average Bonchev–Trinajstić information content (AvgIpc) is 2.53. The van der Waals surface area contributed by atoms with Gasteiger partial charge in [-0.25, -0.2) is 0 Å². The van der Waals surface area contributed by atoms with Gasteiger partial charge in [0, 0.05) is 39.7 Å². The maximum Gasteiger partial charge on any atom is 0.159 e. The van der Waals surface area contributed by atoms with Crippen LogP contribution in [0.2, 0.25) is 5.15 Å². The highest BCUT2D eigenvalue weighted by molar-refractivity contribution is 6.30. The van der Waals surface area contributed by atoms with Gasteiger partial charge in [-0.05, 0) is 13.8 Å². The summed E-state index contributed by atoms with van der Waals surface area (Å²) in [4.78, 5) is 0. The minimum Gasteiger partial charge on any atom is -0.390 e. The average molecular weight is 277 g/mol. The Morgan fingerprint density at radius 1 is 1.44 bits per heavy atom. The Labute approximate surface area is 113 Å². The van der Waals surface area contributed by atoms with Crippen LogP contribution in [0.4, 0.5) is 0 Å². The molecule has 1 aromatic heterocycles. The molecule has 0 bridgehead atoms. The molecule has 0 aromatic carbocycles. The van der Waals surface area contributed by atoms with Gasteiger partial charge < -0.3 is 14.6 Å². The molecule has 1 rings (SSSR count). The van der Waals surface area contributed by atoms with Crippen molar-refractivity contribution in [2.24, 2.45) is 7.05 Å². The molecule has 0 saturated heterocycles. The van der Waals surface area contributed by atoms with Crippen molar-refractivity contribution >= 4 is 11.6 Å². The second-order valence-corrected chi connectivity index (χ2v) is 5.12. The van der Waals surface area contributed by atoms with Crippen molar-refractivity contribution < 1.29 is 14.6 Å². The largest absolute Gasteiger partial charge is 0.390 e. The number of ether oxygens (including phenoxy) is 2. The van der Waals surface area contributed by atoms with Crippen LogP contribution in [0, 0.1) is 6.92 Å². The zero-order valence-electron chi connectivity index (χ0n) is 11.5. The Morgan fingerprint density at radius 2 is 2.00 bits per heavy atom. The third-order valence-electron chi connectivity index (χ3n) is 2.96. The summed E-state index contributed by atoms with van der Waals surface area (Å²) in [5.41, 5.74) is 0.720. The minimum absolute atomic E-state index is 0.366. The number of rotatable bonds is 6. The monoisotopic (exact) mass is 276 g/mol. The van der Waals surface area contributed by atoms with Crippen LogP contribution >= 0.6 is 11.6 Å². The number of hydrogen-bond donors (Lipinski definition) is 1. The number of nitrogens with zero attached hydrogens (tertiary/aromatic N) is 2. The van der Waals surface area contributed by atoms with Crippen LogP contribution in [0.5, 0.6) is 0 Å². The Balaban J connectivity index is 2.81. The van der Waals surface area contributed by atoms with E-state index < -0.39 is 11.9 Å². The second-order valence-electron chi connectivity index (χ2n) is 4.76. The lowest BCUT2D eigenvalue weighted by Crippen LogP contribution is -2.34. The van der Waals surface area contributed by atoms with E-state index in [1.807, 2.05) is 6.92 Å². The van der Waals surface area contributed by atoms with E-state index in [9.17, 15) is 5.11 Å². The number of aryl methyl sites for hydroxylation is 2. The molecule has 0 fully saturated rings. The molecule has 0 amide bonds. The molecule has 0 aliphatic heterocycles. The Morgan fingerprint density at radius 3 is 2.39 bits per heavy atom. The highest BCUT2D eigenvalue weighted by Gasteiger charge is 2.28. The summed E-state index contributed by atoms with van der Waals surface area (Å²) in [6.45, 7) is 3.61. The smallest absolute Gasteiger partial charge is 0.159 e. The van der Waals surface area contributed by atoms with Gasteiger partial charge in [0.25, 0.3) is 0 Å². The van der Waals surface area contributed by atoms with Gasteiger partial charge >= 0.3 is 0 Å². The summed E-state index contributed by atoms with van der Waals surface area (Å²) in [6, 6.07) is 0. The summed E-state index contributed by atoms with van der Waals surface area (Å²) < 4.78 is 11.8. The highest BCUT2D eigenvalue weighted by Crippen LogP contribution is 2.26. The first-order valence-electron chi connectivity index (χ1n) is 5.76. The van der Waals surface area contributed by atoms with E-state index in [-0.39, 0.29) is 0 Å². The Kier molecular flexibility index (Phi) is 5.16. The SMILES string of the molecule is COC(CC(C)(O)Cc1c(C)nn(C)c1Cl)OC. The fourth-order valence-electron chi connectivity index (χ4n) is 1.95. The lowest BCUT2D eigenvalue weighted by molar-refractivity contribution is -0.139. The first kappa shape index (κ1) is 15.4. The van der Waals surface area contributed by atoms with Crippen LogP contribution in [0.3, 0.4) is 0 Å². The van der Waals surface area contributed by atoms with E-state index in [1.54, 1.807) is 32.9 Å². The van der Waals surface area contributed by atoms with Crippen LogP contribution in [0.25, 0.3) is 0 Å². The molecule has 0 spiro atoms. The highest BCUT2D eigenvalue weighted by atomic mass is 35.5. The first-order valence-corrected chi connectivity index (χ1v) is 6.14. The summed E-state index contributed by atoms with van der Waals surface area (Å²) in [5.74, 6) is 0. The van der Waals surface area contributed by atoms with Crippen LogP contribution < -0.4 is 0 Å². The van der Waals surface area contributed by atoms with Gasteiger partial charge in [-0.1, -0.05) is 11.6 Å². The van der Waals surface area contributed by atoms with Gasteiger partial charge in [0.2, 0.25) is 0 Å². The Hall–Kier alpha value is -0.620. The standard InChI is InChI=1S/C12H21ClN2O3/c1-8-9(11(13)15(3)14-8)6-12(2,16)7-10(17-4)18-5/h10,16H,6-7H2,1-5H3. The van der Waals surface area contributed by atoms with Crippen LogP contribution in [0.15, 0.2) is 0 Å². The Bertz CT molecular complexity index is 400. The van der Waals surface area contributed by atoms with Crippen molar-refractivity contribution in [3.05, 3.63) is 16.4 Å². The van der Waals surface area contributed by atoms with Gasteiger partial charge in [-0.15, -0.1) is 0 Å². The molecule has 1 heterocycles. The fraction of sp³-hybridized carbons (Fsp3) is 0.750. The van der Waals surface area contributed by atoms with Crippen molar-refractivity contribution in [3.8, 4) is 0 Å². The van der Waals surface area contributed by atoms with E-state index in [0.717, 1.165) is 11.3 Å². The minimum atomic E-state index is -0.964. The number of aromatic nitrogens is 2. The molecule has 1 atom stereocenters. The normalized spacial score (nSPS) is 15.1. The molecule has 5 nitrogen and oxygen atoms in total. The van der Waals surface area contributed by atoms with Crippen molar-refractivity contribution in [1.82, 2.24) is 9.78 Å². The van der Waals surface area contributed by atoms with Crippen molar-refractivity contribution in [2.45, 2.75) is 38.6 Å². The summed E-state index contributed by atoms with van der Waals surface area (Å²) in [5, 5.41) is 15.2. The van der Waals surface area contributed by atoms with Crippen molar-refractivity contribution in [2.75, 3.05) is 14.2 Å². The first-order chi connectivity index (χ1) is 8.30. The molecular weight excluding hydrogens is 256 g/mol. The molecule has 18 heavy (non-hydrogen) atoms. The molecule has 0 radical (unpaired) electrons. The topological polar surface area (TPSA) is 56.5 Å². The van der Waals surface area contributed by atoms with Gasteiger partial charge in [-0.3, -0.25) is 4.68 Å². The quantitative estimate of drug-likeness (QED) is 0.804. The molecule has 0 aliphatic rings. The molecule has 104 valence electrons. The molecular formula is C12H21ClN2O3. The van der Waals surface area contributed by atoms with E-state index in [4.69, 9.17) is 21.1 Å². The summed E-state index contributed by atoms with van der Waals surface area (Å²) >= 11 is 6.15. The molecule has 6 heteroatoms. The third kappa shape index (κ3) is 3.68. The fourth-order valence-corrected chi connectivity index (χ4v) is 2.19. The number of hydrogen-bond acceptors (Lipinski definition) is 4. The van der Waals surface area contributed by atoms with Crippen molar-refractivity contribution in [3.63, 3.8) is 0 Å². The molecule has 1 aromatic rings. The zero-order chi connectivity index (χ0) is 13.9. The summed E-state index contributed by atoms with van der Waals surface area (Å²) in [7, 11) is 4.87. The van der Waals surface area contributed by atoms with Gasteiger partial charge in [0.1, 0.15) is 5.15 Å². The predicted molar refractivity (Wildman–Crippen MR) is 69.7 cm³/mol.